The quantitative estimate of drug-likeness (QED) is 0.413. The Morgan fingerprint density at radius 2 is 1.79 bits per heavy atom. The average molecular weight is 545 g/mol. The zero-order valence-corrected chi connectivity index (χ0v) is 23.3. The van der Waals surface area contributed by atoms with Gasteiger partial charge >= 0.3 is 0 Å². The number of benzene rings is 2. The van der Waals surface area contributed by atoms with E-state index in [1.807, 2.05) is 32.0 Å². The molecule has 9 heteroatoms. The molecule has 0 spiro atoms. The van der Waals surface area contributed by atoms with E-state index < -0.39 is 6.04 Å². The summed E-state index contributed by atoms with van der Waals surface area (Å²) < 4.78 is 22.4. The van der Waals surface area contributed by atoms with Gasteiger partial charge in [0.2, 0.25) is 18.6 Å². The predicted molar refractivity (Wildman–Crippen MR) is 145 cm³/mol. The third-order valence-electron chi connectivity index (χ3n) is 7.01. The molecule has 2 aromatic rings. The predicted octanol–water partition coefficient (Wildman–Crippen LogP) is 5.21. The van der Waals surface area contributed by atoms with E-state index in [2.05, 4.69) is 12.2 Å². The highest BCUT2D eigenvalue weighted by molar-refractivity contribution is 6.27. The molecule has 1 saturated carbocycles. The van der Waals surface area contributed by atoms with Crippen LogP contribution in [0, 0.1) is 5.92 Å². The Hall–Kier alpha value is -3.13. The maximum atomic E-state index is 13.9. The van der Waals surface area contributed by atoms with E-state index in [1.54, 1.807) is 25.3 Å². The first kappa shape index (κ1) is 27.9. The summed E-state index contributed by atoms with van der Waals surface area (Å²) in [6.07, 6.45) is 3.90. The summed E-state index contributed by atoms with van der Waals surface area (Å²) in [5.74, 6) is 2.09. The minimum absolute atomic E-state index is 0.0529. The molecule has 2 aliphatic rings. The number of alkyl halides is 1. The van der Waals surface area contributed by atoms with Gasteiger partial charge in [0.15, 0.2) is 23.0 Å². The number of nitrogens with one attached hydrogen (secondary N) is 1. The van der Waals surface area contributed by atoms with Gasteiger partial charge in [-0.05, 0) is 80.8 Å². The molecular weight excluding hydrogens is 508 g/mol. The third-order valence-corrected chi connectivity index (χ3v) is 7.24. The minimum atomic E-state index is -0.923. The fourth-order valence-electron chi connectivity index (χ4n) is 5.00. The van der Waals surface area contributed by atoms with Gasteiger partial charge in [0.05, 0.1) is 13.2 Å². The highest BCUT2D eigenvalue weighted by Gasteiger charge is 2.34. The molecule has 0 aromatic heterocycles. The fourth-order valence-corrected chi connectivity index (χ4v) is 5.15. The van der Waals surface area contributed by atoms with Crippen molar-refractivity contribution in [2.45, 2.75) is 71.2 Å². The van der Waals surface area contributed by atoms with Gasteiger partial charge < -0.3 is 29.2 Å². The second-order valence-corrected chi connectivity index (χ2v) is 10.6. The van der Waals surface area contributed by atoms with Crippen LogP contribution in [-0.4, -0.2) is 48.6 Å². The molecule has 206 valence electrons. The topological polar surface area (TPSA) is 86.3 Å². The van der Waals surface area contributed by atoms with Crippen LogP contribution in [-0.2, 0) is 16.1 Å². The number of fused-ring (bicyclic) bond motifs is 1. The van der Waals surface area contributed by atoms with Crippen molar-refractivity contribution in [1.29, 1.82) is 0 Å². The first-order valence-electron chi connectivity index (χ1n) is 13.2. The molecule has 1 aliphatic heterocycles. The number of hydrogen-bond donors (Lipinski definition) is 1. The molecule has 2 amide bonds. The van der Waals surface area contributed by atoms with E-state index in [-0.39, 0.29) is 43.2 Å². The highest BCUT2D eigenvalue weighted by Crippen LogP contribution is 2.36. The molecule has 2 aromatic carbocycles. The Morgan fingerprint density at radius 3 is 2.47 bits per heavy atom. The molecule has 1 fully saturated rings. The van der Waals surface area contributed by atoms with Crippen LogP contribution in [0.1, 0.15) is 63.6 Å². The zero-order valence-electron chi connectivity index (χ0n) is 22.5. The number of hydrogen-bond acceptors (Lipinski definition) is 6. The first-order valence-corrected chi connectivity index (χ1v) is 13.7. The number of halogens is 1. The zero-order chi connectivity index (χ0) is 27.2. The van der Waals surface area contributed by atoms with Crippen molar-refractivity contribution >= 4 is 23.4 Å². The van der Waals surface area contributed by atoms with Crippen LogP contribution in [0.25, 0.3) is 0 Å². The summed E-state index contributed by atoms with van der Waals surface area (Å²) >= 11 is 6.08. The molecule has 8 nitrogen and oxygen atoms in total. The fraction of sp³-hybridized carbons (Fsp3) is 0.517. The van der Waals surface area contributed by atoms with Crippen molar-refractivity contribution in [3.05, 3.63) is 47.5 Å². The van der Waals surface area contributed by atoms with Crippen molar-refractivity contribution in [1.82, 2.24) is 10.2 Å². The Morgan fingerprint density at radius 1 is 1.05 bits per heavy atom. The lowest BCUT2D eigenvalue weighted by Gasteiger charge is -2.34. The monoisotopic (exact) mass is 544 g/mol. The molecule has 0 saturated heterocycles. The number of nitrogens with zero attached hydrogens (tertiary/aromatic N) is 1. The van der Waals surface area contributed by atoms with Gasteiger partial charge in [0, 0.05) is 12.6 Å². The smallest absolute Gasteiger partial charge is 0.247 e. The molecule has 0 bridgehead atoms. The highest BCUT2D eigenvalue weighted by atomic mass is 35.5. The largest absolute Gasteiger partial charge is 0.493 e. The number of ether oxygens (including phenoxy) is 4. The number of carbonyl (C=O) groups is 2. The van der Waals surface area contributed by atoms with Crippen molar-refractivity contribution < 1.29 is 28.5 Å². The lowest BCUT2D eigenvalue weighted by Crippen LogP contribution is -2.47. The standard InChI is InChI=1S/C29H37ClN2O6/c1-18(2)38-24-12-8-21(14-25(24)35-4)28(29(34)31-22-9-5-19(3)6-10-22)32(27(33)15-30)16-20-7-11-23-26(13-20)37-17-36-23/h7-8,11-14,18-19,22,28H,5-6,9-10,15-17H2,1-4H3,(H,31,34)/t19?,22?,28-/m1/s1. The third kappa shape index (κ3) is 6.65. The van der Waals surface area contributed by atoms with Crippen LogP contribution in [0.4, 0.5) is 0 Å². The van der Waals surface area contributed by atoms with E-state index in [9.17, 15) is 9.59 Å². The minimum Gasteiger partial charge on any atom is -0.493 e. The van der Waals surface area contributed by atoms with Gasteiger partial charge in [-0.3, -0.25) is 9.59 Å². The van der Waals surface area contributed by atoms with Gasteiger partial charge in [-0.1, -0.05) is 19.1 Å². The SMILES string of the molecule is COc1cc([C@H](C(=O)NC2CCC(C)CC2)N(Cc2ccc3c(c2)OCO3)C(=O)CCl)ccc1OC(C)C. The van der Waals surface area contributed by atoms with E-state index in [0.717, 1.165) is 31.2 Å². The summed E-state index contributed by atoms with van der Waals surface area (Å²) in [5.41, 5.74) is 1.41. The van der Waals surface area contributed by atoms with E-state index in [1.165, 1.54) is 4.90 Å². The van der Waals surface area contributed by atoms with Gasteiger partial charge in [0.25, 0.3) is 0 Å². The number of methoxy groups -OCH3 is 1. The maximum Gasteiger partial charge on any atom is 0.247 e. The molecule has 38 heavy (non-hydrogen) atoms. The molecule has 1 atom stereocenters. The Kier molecular flexibility index (Phi) is 9.26. The molecule has 0 unspecified atom stereocenters. The second kappa shape index (κ2) is 12.6. The van der Waals surface area contributed by atoms with Gasteiger partial charge in [-0.25, -0.2) is 0 Å². The summed E-state index contributed by atoms with van der Waals surface area (Å²) in [4.78, 5) is 28.7. The summed E-state index contributed by atoms with van der Waals surface area (Å²) in [6, 6.07) is 9.98. The second-order valence-electron chi connectivity index (χ2n) is 10.3. The van der Waals surface area contributed by atoms with Crippen LogP contribution < -0.4 is 24.3 Å². The molecule has 1 heterocycles. The Balaban J connectivity index is 1.70. The first-order chi connectivity index (χ1) is 18.3. The van der Waals surface area contributed by atoms with E-state index in [0.29, 0.717) is 34.5 Å². The lowest BCUT2D eigenvalue weighted by molar-refractivity contribution is -0.140. The Bertz CT molecular complexity index is 1130. The Labute approximate surface area is 229 Å². The van der Waals surface area contributed by atoms with Crippen molar-refractivity contribution in [2.75, 3.05) is 19.8 Å². The number of carbonyl (C=O) groups excluding carboxylic acids is 2. The van der Waals surface area contributed by atoms with Crippen LogP contribution in [0.2, 0.25) is 0 Å². The van der Waals surface area contributed by atoms with E-state index in [4.69, 9.17) is 30.5 Å². The molecule has 0 radical (unpaired) electrons. The van der Waals surface area contributed by atoms with Gasteiger partial charge in [0.1, 0.15) is 11.9 Å². The van der Waals surface area contributed by atoms with Crippen molar-refractivity contribution in [3.8, 4) is 23.0 Å². The molecule has 1 aliphatic carbocycles. The molecule has 4 rings (SSSR count). The summed E-state index contributed by atoms with van der Waals surface area (Å²) in [7, 11) is 1.55. The van der Waals surface area contributed by atoms with E-state index >= 15 is 0 Å². The number of rotatable bonds is 10. The molecule has 1 N–H and O–H groups in total. The van der Waals surface area contributed by atoms with Gasteiger partial charge in [-0.15, -0.1) is 11.6 Å². The van der Waals surface area contributed by atoms with Crippen LogP contribution in [0.15, 0.2) is 36.4 Å². The van der Waals surface area contributed by atoms with Crippen molar-refractivity contribution in [3.63, 3.8) is 0 Å². The molecular formula is C29H37ClN2O6. The lowest BCUT2D eigenvalue weighted by atomic mass is 9.87. The average Bonchev–Trinajstić information content (AvgIpc) is 3.37. The van der Waals surface area contributed by atoms with Crippen LogP contribution in [0.3, 0.4) is 0 Å². The van der Waals surface area contributed by atoms with Crippen LogP contribution >= 0.6 is 11.6 Å². The summed E-state index contributed by atoms with van der Waals surface area (Å²) in [6.45, 7) is 6.41. The summed E-state index contributed by atoms with van der Waals surface area (Å²) in [5, 5.41) is 3.22. The van der Waals surface area contributed by atoms with Crippen molar-refractivity contribution in [2.24, 2.45) is 5.92 Å². The van der Waals surface area contributed by atoms with Crippen LogP contribution in [0.5, 0.6) is 23.0 Å². The maximum absolute atomic E-state index is 13.9. The number of amides is 2. The van der Waals surface area contributed by atoms with Gasteiger partial charge in [-0.2, -0.15) is 0 Å². The normalized spacial score (nSPS) is 19.1.